The average Bonchev–Trinajstić information content (AvgIpc) is 3.18. The summed E-state index contributed by atoms with van der Waals surface area (Å²) in [4.78, 5) is 30.7. The van der Waals surface area contributed by atoms with Gasteiger partial charge in [-0.2, -0.15) is 0 Å². The largest absolute Gasteiger partial charge is 0.493 e. The number of rotatable bonds is 8. The van der Waals surface area contributed by atoms with Crippen LogP contribution in [0.15, 0.2) is 41.8 Å². The van der Waals surface area contributed by atoms with E-state index in [1.807, 2.05) is 64.1 Å². The van der Waals surface area contributed by atoms with Gasteiger partial charge in [0.2, 0.25) is 5.91 Å². The number of esters is 1. The number of anilines is 2. The highest BCUT2D eigenvalue weighted by Gasteiger charge is 2.22. The zero-order valence-electron chi connectivity index (χ0n) is 19.1. The Kier molecular flexibility index (Phi) is 7.64. The maximum atomic E-state index is 12.5. The highest BCUT2D eigenvalue weighted by Crippen LogP contribution is 2.34. The fraction of sp³-hybridized carbons (Fsp3) is 0.320. The van der Waals surface area contributed by atoms with Gasteiger partial charge in [-0.25, -0.2) is 4.98 Å². The summed E-state index contributed by atoms with van der Waals surface area (Å²) in [5.74, 6) is 0.281. The van der Waals surface area contributed by atoms with E-state index in [2.05, 4.69) is 4.98 Å². The molecule has 3 rings (SSSR count). The Bertz CT molecular complexity index is 1100. The molecule has 7 heteroatoms. The SMILES string of the molecule is CC(=O)N(c1nc(COC(=O)CCOc2ccccc2C)cs1)c1c(C)cc(C)cc1C. The number of amides is 1. The van der Waals surface area contributed by atoms with Crippen LogP contribution in [0.3, 0.4) is 0 Å². The van der Waals surface area contributed by atoms with Crippen molar-refractivity contribution in [3.05, 3.63) is 69.7 Å². The van der Waals surface area contributed by atoms with Crippen LogP contribution in [0.4, 0.5) is 10.8 Å². The number of aromatic nitrogens is 1. The third-order valence-corrected chi connectivity index (χ3v) is 5.82. The molecule has 0 N–H and O–H groups in total. The Morgan fingerprint density at radius 1 is 1.03 bits per heavy atom. The summed E-state index contributed by atoms with van der Waals surface area (Å²) >= 11 is 1.35. The molecule has 0 atom stereocenters. The summed E-state index contributed by atoms with van der Waals surface area (Å²) in [6.07, 6.45) is 0.145. The van der Waals surface area contributed by atoms with E-state index in [0.29, 0.717) is 10.8 Å². The minimum atomic E-state index is -0.359. The molecule has 3 aromatic rings. The lowest BCUT2D eigenvalue weighted by Gasteiger charge is -2.23. The first-order valence-electron chi connectivity index (χ1n) is 10.4. The van der Waals surface area contributed by atoms with Crippen LogP contribution in [0.2, 0.25) is 0 Å². The predicted molar refractivity (Wildman–Crippen MR) is 127 cm³/mol. The van der Waals surface area contributed by atoms with Crippen LogP contribution in [-0.4, -0.2) is 23.5 Å². The molecule has 0 aliphatic rings. The standard InChI is InChI=1S/C25H28N2O4S/c1-16-12-18(3)24(19(4)13-16)27(20(5)28)25-26-21(15-32-25)14-31-23(29)10-11-30-22-9-7-6-8-17(22)2/h6-9,12-13,15H,10-11,14H2,1-5H3. The van der Waals surface area contributed by atoms with Crippen LogP contribution < -0.4 is 9.64 Å². The van der Waals surface area contributed by atoms with Gasteiger partial charge in [0.1, 0.15) is 12.4 Å². The highest BCUT2D eigenvalue weighted by atomic mass is 32.1. The first kappa shape index (κ1) is 23.5. The van der Waals surface area contributed by atoms with Gasteiger partial charge >= 0.3 is 5.97 Å². The Balaban J connectivity index is 1.60. The minimum Gasteiger partial charge on any atom is -0.493 e. The second kappa shape index (κ2) is 10.4. The molecule has 1 aromatic heterocycles. The van der Waals surface area contributed by atoms with Crippen LogP contribution >= 0.6 is 11.3 Å². The molecule has 0 fully saturated rings. The Hall–Kier alpha value is -3.19. The lowest BCUT2D eigenvalue weighted by molar-refractivity contribution is -0.145. The van der Waals surface area contributed by atoms with Crippen molar-refractivity contribution in [2.24, 2.45) is 0 Å². The third kappa shape index (κ3) is 5.73. The summed E-state index contributed by atoms with van der Waals surface area (Å²) in [6, 6.07) is 11.8. The average molecular weight is 453 g/mol. The third-order valence-electron chi connectivity index (χ3n) is 4.94. The van der Waals surface area contributed by atoms with Crippen molar-refractivity contribution < 1.29 is 19.1 Å². The fourth-order valence-corrected chi connectivity index (χ4v) is 4.42. The number of aryl methyl sites for hydroxylation is 4. The van der Waals surface area contributed by atoms with Gasteiger partial charge in [-0.3, -0.25) is 14.5 Å². The van der Waals surface area contributed by atoms with E-state index in [1.54, 1.807) is 10.3 Å². The number of para-hydroxylation sites is 1. The number of hydrogen-bond acceptors (Lipinski definition) is 6. The number of ether oxygens (including phenoxy) is 2. The van der Waals surface area contributed by atoms with Gasteiger partial charge in [0.15, 0.2) is 5.13 Å². The number of nitrogens with zero attached hydrogens (tertiary/aromatic N) is 2. The molecule has 0 spiro atoms. The highest BCUT2D eigenvalue weighted by molar-refractivity contribution is 7.14. The second-order valence-electron chi connectivity index (χ2n) is 7.75. The van der Waals surface area contributed by atoms with Crippen molar-refractivity contribution in [1.82, 2.24) is 4.98 Å². The molecular weight excluding hydrogens is 424 g/mol. The number of benzene rings is 2. The number of carbonyl (C=O) groups is 2. The van der Waals surface area contributed by atoms with E-state index in [4.69, 9.17) is 9.47 Å². The van der Waals surface area contributed by atoms with Gasteiger partial charge < -0.3 is 9.47 Å². The van der Waals surface area contributed by atoms with Gasteiger partial charge in [-0.1, -0.05) is 35.9 Å². The van der Waals surface area contributed by atoms with Crippen LogP contribution in [0.1, 0.15) is 41.3 Å². The van der Waals surface area contributed by atoms with Crippen LogP contribution in [0.25, 0.3) is 0 Å². The molecule has 0 unspecified atom stereocenters. The van der Waals surface area contributed by atoms with E-state index in [1.165, 1.54) is 18.3 Å². The van der Waals surface area contributed by atoms with Gasteiger partial charge in [0, 0.05) is 12.3 Å². The first-order chi connectivity index (χ1) is 15.3. The molecule has 1 heterocycles. The molecular formula is C25H28N2O4S. The van der Waals surface area contributed by atoms with Crippen molar-refractivity contribution >= 4 is 34.0 Å². The summed E-state index contributed by atoms with van der Waals surface area (Å²) in [5.41, 5.74) is 5.63. The Morgan fingerprint density at radius 3 is 2.38 bits per heavy atom. The number of hydrogen-bond donors (Lipinski definition) is 0. The molecule has 0 saturated heterocycles. The van der Waals surface area contributed by atoms with E-state index in [-0.39, 0.29) is 31.5 Å². The maximum Gasteiger partial charge on any atom is 0.309 e. The summed E-state index contributed by atoms with van der Waals surface area (Å²) < 4.78 is 11.0. The zero-order chi connectivity index (χ0) is 23.3. The molecule has 0 bridgehead atoms. The lowest BCUT2D eigenvalue weighted by atomic mass is 10.0. The first-order valence-corrected chi connectivity index (χ1v) is 11.3. The molecule has 0 radical (unpaired) electrons. The normalized spacial score (nSPS) is 10.7. The number of thiazole rings is 1. The van der Waals surface area contributed by atoms with E-state index in [9.17, 15) is 9.59 Å². The van der Waals surface area contributed by atoms with Crippen molar-refractivity contribution in [2.45, 2.75) is 47.6 Å². The summed E-state index contributed by atoms with van der Waals surface area (Å²) in [5, 5.41) is 2.36. The fourth-order valence-electron chi connectivity index (χ4n) is 3.57. The second-order valence-corrected chi connectivity index (χ2v) is 8.58. The van der Waals surface area contributed by atoms with E-state index < -0.39 is 0 Å². The summed E-state index contributed by atoms with van der Waals surface area (Å²) in [7, 11) is 0. The van der Waals surface area contributed by atoms with Crippen molar-refractivity contribution in [3.63, 3.8) is 0 Å². The van der Waals surface area contributed by atoms with Crippen LogP contribution in [0.5, 0.6) is 5.75 Å². The Labute approximate surface area is 192 Å². The van der Waals surface area contributed by atoms with Crippen molar-refractivity contribution in [2.75, 3.05) is 11.5 Å². The van der Waals surface area contributed by atoms with Crippen LogP contribution in [0, 0.1) is 27.7 Å². The lowest BCUT2D eigenvalue weighted by Crippen LogP contribution is -2.24. The monoisotopic (exact) mass is 452 g/mol. The van der Waals surface area contributed by atoms with Gasteiger partial charge in [-0.15, -0.1) is 11.3 Å². The zero-order valence-corrected chi connectivity index (χ0v) is 19.9. The summed E-state index contributed by atoms with van der Waals surface area (Å²) in [6.45, 7) is 9.78. The van der Waals surface area contributed by atoms with Gasteiger partial charge in [0.05, 0.1) is 24.4 Å². The van der Waals surface area contributed by atoms with Gasteiger partial charge in [0.25, 0.3) is 0 Å². The topological polar surface area (TPSA) is 68.7 Å². The molecule has 0 saturated carbocycles. The van der Waals surface area contributed by atoms with E-state index in [0.717, 1.165) is 33.7 Å². The van der Waals surface area contributed by atoms with Crippen molar-refractivity contribution in [3.8, 4) is 5.75 Å². The van der Waals surface area contributed by atoms with Crippen LogP contribution in [-0.2, 0) is 20.9 Å². The van der Waals surface area contributed by atoms with Gasteiger partial charge in [-0.05, 0) is 50.5 Å². The van der Waals surface area contributed by atoms with E-state index >= 15 is 0 Å². The molecule has 2 aromatic carbocycles. The quantitative estimate of drug-likeness (QED) is 0.418. The molecule has 6 nitrogen and oxygen atoms in total. The molecule has 168 valence electrons. The molecule has 32 heavy (non-hydrogen) atoms. The molecule has 1 amide bonds. The number of carbonyl (C=O) groups excluding carboxylic acids is 2. The minimum absolute atomic E-state index is 0.0529. The molecule has 0 aliphatic carbocycles. The van der Waals surface area contributed by atoms with Crippen molar-refractivity contribution in [1.29, 1.82) is 0 Å². The molecule has 0 aliphatic heterocycles. The Morgan fingerprint density at radius 2 is 1.72 bits per heavy atom. The smallest absolute Gasteiger partial charge is 0.309 e. The maximum absolute atomic E-state index is 12.5. The predicted octanol–water partition coefficient (Wildman–Crippen LogP) is 5.57.